The zero-order valence-corrected chi connectivity index (χ0v) is 16.7. The number of benzene rings is 1. The highest BCUT2D eigenvalue weighted by Gasteiger charge is 2.13. The average Bonchev–Trinajstić information content (AvgIpc) is 3.15. The summed E-state index contributed by atoms with van der Waals surface area (Å²) in [6, 6.07) is 15.0. The highest BCUT2D eigenvalue weighted by molar-refractivity contribution is 5.93. The summed E-state index contributed by atoms with van der Waals surface area (Å²) in [5.41, 5.74) is 5.30. The third-order valence-corrected chi connectivity index (χ3v) is 4.80. The summed E-state index contributed by atoms with van der Waals surface area (Å²) in [5.74, 6) is -0.398. The van der Waals surface area contributed by atoms with E-state index < -0.39 is 5.91 Å². The Kier molecular flexibility index (Phi) is 5.26. The van der Waals surface area contributed by atoms with Crippen LogP contribution in [0.2, 0.25) is 0 Å². The number of amides is 1. The van der Waals surface area contributed by atoms with Crippen molar-refractivity contribution in [2.75, 3.05) is 0 Å². The molecule has 0 bridgehead atoms. The van der Waals surface area contributed by atoms with Crippen molar-refractivity contribution in [1.29, 1.82) is 0 Å². The molecule has 30 heavy (non-hydrogen) atoms. The van der Waals surface area contributed by atoms with E-state index in [1.807, 2.05) is 49.6 Å². The van der Waals surface area contributed by atoms with Crippen LogP contribution < -0.4 is 10.9 Å². The molecule has 150 valence electrons. The predicted molar refractivity (Wildman–Crippen MR) is 115 cm³/mol. The van der Waals surface area contributed by atoms with Gasteiger partial charge in [0.2, 0.25) is 0 Å². The number of rotatable bonds is 5. The van der Waals surface area contributed by atoms with Gasteiger partial charge in [0, 0.05) is 49.0 Å². The Labute approximate surface area is 173 Å². The van der Waals surface area contributed by atoms with E-state index >= 15 is 0 Å². The van der Waals surface area contributed by atoms with E-state index in [0.29, 0.717) is 12.2 Å². The second kappa shape index (κ2) is 8.16. The van der Waals surface area contributed by atoms with Crippen LogP contribution in [0.4, 0.5) is 0 Å². The summed E-state index contributed by atoms with van der Waals surface area (Å²) in [6.07, 6.45) is 5.51. The number of aromatic nitrogens is 4. The Morgan fingerprint density at radius 2 is 1.77 bits per heavy atom. The molecule has 0 aliphatic carbocycles. The number of aryl methyl sites for hydroxylation is 2. The standard InChI is InChI=1S/C23H21N5O2/c1-15-3-8-19(23(30)26-15)22(29)25-13-16-4-6-18(7-5-16)21-20(14-28(2)27-21)17-9-11-24-12-10-17/h3-12,14H,13H2,1-2H3,(H,25,29)(H,26,30). The summed E-state index contributed by atoms with van der Waals surface area (Å²) in [6.45, 7) is 2.10. The number of carbonyl (C=O) groups excluding carboxylic acids is 1. The monoisotopic (exact) mass is 399 g/mol. The summed E-state index contributed by atoms with van der Waals surface area (Å²) in [7, 11) is 1.89. The van der Waals surface area contributed by atoms with Gasteiger partial charge in [0.1, 0.15) is 11.3 Å². The van der Waals surface area contributed by atoms with Crippen LogP contribution in [0.1, 0.15) is 21.6 Å². The van der Waals surface area contributed by atoms with Gasteiger partial charge in [-0.1, -0.05) is 24.3 Å². The van der Waals surface area contributed by atoms with Crippen LogP contribution in [0.15, 0.2) is 71.9 Å². The van der Waals surface area contributed by atoms with Gasteiger partial charge < -0.3 is 10.3 Å². The molecule has 7 heteroatoms. The number of nitrogens with one attached hydrogen (secondary N) is 2. The molecule has 7 nitrogen and oxygen atoms in total. The third kappa shape index (κ3) is 4.05. The van der Waals surface area contributed by atoms with Crippen LogP contribution in [0.3, 0.4) is 0 Å². The number of nitrogens with zero attached hydrogens (tertiary/aromatic N) is 3. The smallest absolute Gasteiger partial charge is 0.260 e. The maximum Gasteiger partial charge on any atom is 0.260 e. The van der Waals surface area contributed by atoms with E-state index in [2.05, 4.69) is 20.4 Å². The van der Waals surface area contributed by atoms with Gasteiger partial charge in [-0.15, -0.1) is 0 Å². The summed E-state index contributed by atoms with van der Waals surface area (Å²) >= 11 is 0. The lowest BCUT2D eigenvalue weighted by molar-refractivity contribution is 0.0949. The van der Waals surface area contributed by atoms with Crippen LogP contribution in [-0.2, 0) is 13.6 Å². The maximum absolute atomic E-state index is 12.3. The van der Waals surface area contributed by atoms with Crippen molar-refractivity contribution < 1.29 is 4.79 Å². The first-order valence-corrected chi connectivity index (χ1v) is 9.53. The lowest BCUT2D eigenvalue weighted by atomic mass is 10.0. The molecule has 0 aliphatic rings. The van der Waals surface area contributed by atoms with Gasteiger partial charge in [0.15, 0.2) is 0 Å². The van der Waals surface area contributed by atoms with E-state index in [0.717, 1.165) is 27.9 Å². The molecule has 0 saturated carbocycles. The molecule has 0 spiro atoms. The predicted octanol–water partition coefficient (Wildman–Crippen LogP) is 3.08. The summed E-state index contributed by atoms with van der Waals surface area (Å²) < 4.78 is 1.79. The van der Waals surface area contributed by atoms with Crippen molar-refractivity contribution in [3.63, 3.8) is 0 Å². The summed E-state index contributed by atoms with van der Waals surface area (Å²) in [5, 5.41) is 7.40. The Morgan fingerprint density at radius 1 is 1.03 bits per heavy atom. The van der Waals surface area contributed by atoms with Crippen molar-refractivity contribution in [2.24, 2.45) is 7.05 Å². The normalized spacial score (nSPS) is 10.7. The first-order valence-electron chi connectivity index (χ1n) is 9.53. The van der Waals surface area contributed by atoms with E-state index in [1.54, 1.807) is 30.1 Å². The molecule has 0 unspecified atom stereocenters. The van der Waals surface area contributed by atoms with Crippen molar-refractivity contribution in [3.8, 4) is 22.4 Å². The number of pyridine rings is 2. The molecule has 4 rings (SSSR count). The molecule has 3 heterocycles. The Bertz CT molecular complexity index is 1240. The maximum atomic E-state index is 12.3. The molecule has 2 N–H and O–H groups in total. The lowest BCUT2D eigenvalue weighted by Gasteiger charge is -2.07. The van der Waals surface area contributed by atoms with E-state index in [9.17, 15) is 9.59 Å². The minimum atomic E-state index is -0.398. The van der Waals surface area contributed by atoms with Crippen molar-refractivity contribution in [3.05, 3.63) is 94.3 Å². The second-order valence-corrected chi connectivity index (χ2v) is 7.06. The van der Waals surface area contributed by atoms with Crippen LogP contribution in [-0.4, -0.2) is 25.7 Å². The molecule has 0 atom stereocenters. The molecule has 4 aromatic rings. The van der Waals surface area contributed by atoms with Crippen LogP contribution in [0, 0.1) is 6.92 Å². The van der Waals surface area contributed by atoms with Crippen molar-refractivity contribution >= 4 is 5.91 Å². The molecule has 0 radical (unpaired) electrons. The molecule has 0 saturated heterocycles. The van der Waals surface area contributed by atoms with Gasteiger partial charge in [-0.3, -0.25) is 19.3 Å². The number of H-pyrrole nitrogens is 1. The molecule has 1 amide bonds. The SMILES string of the molecule is Cc1ccc(C(=O)NCc2ccc(-c3nn(C)cc3-c3ccncc3)cc2)c(=O)[nH]1. The summed E-state index contributed by atoms with van der Waals surface area (Å²) in [4.78, 5) is 30.9. The largest absolute Gasteiger partial charge is 0.348 e. The molecule has 1 aromatic carbocycles. The molecule has 3 aromatic heterocycles. The fourth-order valence-electron chi connectivity index (χ4n) is 3.25. The quantitative estimate of drug-likeness (QED) is 0.539. The number of carbonyl (C=O) groups is 1. The number of aromatic amines is 1. The van der Waals surface area contributed by atoms with E-state index in [1.165, 1.54) is 6.07 Å². The lowest BCUT2D eigenvalue weighted by Crippen LogP contribution is -2.29. The minimum absolute atomic E-state index is 0.104. The first kappa shape index (κ1) is 19.3. The molecular formula is C23H21N5O2. The first-order chi connectivity index (χ1) is 14.5. The second-order valence-electron chi connectivity index (χ2n) is 7.06. The van der Waals surface area contributed by atoms with Gasteiger partial charge >= 0.3 is 0 Å². The minimum Gasteiger partial charge on any atom is -0.348 e. The molecule has 0 aliphatic heterocycles. The van der Waals surface area contributed by atoms with Crippen LogP contribution in [0.25, 0.3) is 22.4 Å². The Morgan fingerprint density at radius 3 is 2.47 bits per heavy atom. The van der Waals surface area contributed by atoms with Crippen molar-refractivity contribution in [2.45, 2.75) is 13.5 Å². The average molecular weight is 399 g/mol. The Hall–Kier alpha value is -4.00. The van der Waals surface area contributed by atoms with Gasteiger partial charge in [-0.05, 0) is 42.3 Å². The number of hydrogen-bond acceptors (Lipinski definition) is 4. The molecule has 0 fully saturated rings. The highest BCUT2D eigenvalue weighted by atomic mass is 16.2. The van der Waals surface area contributed by atoms with Gasteiger partial charge in [-0.2, -0.15) is 5.10 Å². The van der Waals surface area contributed by atoms with Gasteiger partial charge in [0.05, 0.1) is 0 Å². The molecular weight excluding hydrogens is 378 g/mol. The fourth-order valence-corrected chi connectivity index (χ4v) is 3.25. The van der Waals surface area contributed by atoms with Crippen LogP contribution in [0.5, 0.6) is 0 Å². The zero-order valence-electron chi connectivity index (χ0n) is 16.7. The van der Waals surface area contributed by atoms with Gasteiger partial charge in [0.25, 0.3) is 11.5 Å². The topological polar surface area (TPSA) is 92.7 Å². The van der Waals surface area contributed by atoms with Gasteiger partial charge in [-0.25, -0.2) is 0 Å². The zero-order chi connectivity index (χ0) is 21.1. The third-order valence-electron chi connectivity index (χ3n) is 4.80. The fraction of sp³-hybridized carbons (Fsp3) is 0.130. The van der Waals surface area contributed by atoms with E-state index in [-0.39, 0.29) is 11.1 Å². The van der Waals surface area contributed by atoms with E-state index in [4.69, 9.17) is 0 Å². The van der Waals surface area contributed by atoms with Crippen molar-refractivity contribution in [1.82, 2.24) is 25.1 Å². The Balaban J connectivity index is 1.50. The number of hydrogen-bond donors (Lipinski definition) is 2. The van der Waals surface area contributed by atoms with Crippen LogP contribution >= 0.6 is 0 Å². The highest BCUT2D eigenvalue weighted by Crippen LogP contribution is 2.30.